The van der Waals surface area contributed by atoms with Crippen molar-refractivity contribution < 1.29 is 0 Å². The lowest BCUT2D eigenvalue weighted by atomic mass is 9.69. The van der Waals surface area contributed by atoms with Gasteiger partial charge in [-0.2, -0.15) is 0 Å². The maximum atomic E-state index is 2.66. The quantitative estimate of drug-likeness (QED) is 0.120. The van der Waals surface area contributed by atoms with Crippen LogP contribution in [0.5, 0.6) is 0 Å². The molecule has 0 aliphatic heterocycles. The minimum absolute atomic E-state index is 0.545. The molecular formula is C82H44S2. The van der Waals surface area contributed by atoms with Crippen LogP contribution in [0.25, 0.3) is 150 Å². The van der Waals surface area contributed by atoms with Crippen LogP contribution in [0.1, 0.15) is 44.5 Å². The average Bonchev–Trinajstić information content (AvgIpc) is 1.58. The largest absolute Gasteiger partial charge is 0.135 e. The zero-order valence-corrected chi connectivity index (χ0v) is 46.9. The molecule has 0 radical (unpaired) electrons. The second-order valence-corrected chi connectivity index (χ2v) is 26.1. The van der Waals surface area contributed by atoms with Crippen LogP contribution < -0.4 is 0 Å². The van der Waals surface area contributed by atoms with Gasteiger partial charge in [0.1, 0.15) is 0 Å². The Morgan fingerprint density at radius 2 is 0.524 bits per heavy atom. The summed E-state index contributed by atoms with van der Waals surface area (Å²) in [5.41, 5.74) is 25.4. The SMILES string of the molecule is c1ccc2c(c1)-c1ccc(-c3ccc4sc5ccccc5c4c3)cc1C21c2ccccc2-c2c1cc1c3cccc4c5c(cc(c6cccc2c61)c43)C1(c2ccccc2-c2ccc(-c3ccc4sc6ccccc6c4c3)cc21)c1ccccc1-5. The van der Waals surface area contributed by atoms with Crippen molar-refractivity contribution in [1.82, 2.24) is 0 Å². The van der Waals surface area contributed by atoms with Gasteiger partial charge >= 0.3 is 0 Å². The van der Waals surface area contributed by atoms with Crippen molar-refractivity contribution >= 4 is 106 Å². The van der Waals surface area contributed by atoms with Gasteiger partial charge in [0.15, 0.2) is 0 Å². The van der Waals surface area contributed by atoms with E-state index in [2.05, 4.69) is 267 Å². The topological polar surface area (TPSA) is 0 Å². The van der Waals surface area contributed by atoms with E-state index >= 15 is 0 Å². The van der Waals surface area contributed by atoms with Crippen LogP contribution in [0, 0.1) is 0 Å². The van der Waals surface area contributed by atoms with Crippen molar-refractivity contribution in [2.75, 3.05) is 0 Å². The van der Waals surface area contributed by atoms with Crippen molar-refractivity contribution in [2.45, 2.75) is 10.8 Å². The van der Waals surface area contributed by atoms with Crippen molar-refractivity contribution in [1.29, 1.82) is 0 Å². The molecule has 21 rings (SSSR count). The summed E-state index contributed by atoms with van der Waals surface area (Å²) in [6.07, 6.45) is 0. The first kappa shape index (κ1) is 44.7. The molecule has 2 atom stereocenters. The Bertz CT molecular complexity index is 5520. The normalized spacial score (nSPS) is 16.7. The van der Waals surface area contributed by atoms with Gasteiger partial charge in [-0.3, -0.25) is 0 Å². The highest BCUT2D eigenvalue weighted by Crippen LogP contribution is 2.68. The van der Waals surface area contributed by atoms with Crippen LogP contribution >= 0.6 is 22.7 Å². The van der Waals surface area contributed by atoms with E-state index in [4.69, 9.17) is 0 Å². The van der Waals surface area contributed by atoms with Crippen LogP contribution in [-0.4, -0.2) is 0 Å². The number of hydrogen-bond acceptors (Lipinski definition) is 2. The summed E-state index contributed by atoms with van der Waals surface area (Å²) in [7, 11) is 0. The van der Waals surface area contributed by atoms with E-state index in [-0.39, 0.29) is 0 Å². The lowest BCUT2D eigenvalue weighted by Gasteiger charge is -2.32. The van der Waals surface area contributed by atoms with Gasteiger partial charge in [0, 0.05) is 40.3 Å². The first-order valence-electron chi connectivity index (χ1n) is 29.4. The number of hydrogen-bond donors (Lipinski definition) is 0. The van der Waals surface area contributed by atoms with Gasteiger partial charge in [0.2, 0.25) is 0 Å². The minimum Gasteiger partial charge on any atom is -0.135 e. The highest BCUT2D eigenvalue weighted by molar-refractivity contribution is 7.26. The molecule has 0 nitrogen and oxygen atoms in total. The standard InChI is InChI=1S/C82H44S2/c1-7-25-65-49(15-1)51-35-31-47(45-33-37-75-61(39-45)53-17-5-11-29-73(53)83-75)41-69(51)81(65)67-27-9-3-19-57(67)79-59-23-13-22-56-64-44-72-80(60-24-14-21-55(78(60)64)63(77(56)59)43-71(79)81)58-20-4-10-28-68(58)82(72)66-26-8-2-16-50(66)52-36-32-48(42-70(52)82)46-34-38-76-62(40-46)54-18-6-12-30-74(54)84-76/h1-44H. The van der Waals surface area contributed by atoms with Crippen LogP contribution in [0.2, 0.25) is 0 Å². The van der Waals surface area contributed by atoms with E-state index in [1.165, 1.54) is 195 Å². The Balaban J connectivity index is 0.839. The molecule has 2 aromatic heterocycles. The molecule has 15 aromatic carbocycles. The summed E-state index contributed by atoms with van der Waals surface area (Å²) < 4.78 is 5.32. The zero-order valence-electron chi connectivity index (χ0n) is 45.2. The molecular weight excluding hydrogens is 1050 g/mol. The number of benzene rings is 15. The van der Waals surface area contributed by atoms with E-state index in [9.17, 15) is 0 Å². The van der Waals surface area contributed by atoms with Gasteiger partial charge in [0.05, 0.1) is 10.8 Å². The summed E-state index contributed by atoms with van der Waals surface area (Å²) in [6, 6.07) is 104. The number of rotatable bonds is 2. The molecule has 84 heavy (non-hydrogen) atoms. The second kappa shape index (κ2) is 15.6. The smallest absolute Gasteiger partial charge is 0.0726 e. The highest BCUT2D eigenvalue weighted by atomic mass is 32.1. The fourth-order valence-electron chi connectivity index (χ4n) is 17.3. The third-order valence-corrected chi connectivity index (χ3v) is 22.7. The molecule has 17 aromatic rings. The molecule has 0 fully saturated rings. The van der Waals surface area contributed by atoms with Gasteiger partial charge < -0.3 is 0 Å². The fraction of sp³-hybridized carbons (Fsp3) is 0.0244. The predicted octanol–water partition coefficient (Wildman–Crippen LogP) is 22.5. The maximum absolute atomic E-state index is 2.66. The van der Waals surface area contributed by atoms with Crippen LogP contribution in [0.4, 0.5) is 0 Å². The second-order valence-electron chi connectivity index (χ2n) is 24.0. The molecule has 2 unspecified atom stereocenters. The molecule has 4 aliphatic carbocycles. The van der Waals surface area contributed by atoms with Crippen LogP contribution in [-0.2, 0) is 10.8 Å². The Labute approximate surface area is 491 Å². The van der Waals surface area contributed by atoms with Gasteiger partial charge in [-0.05, 0) is 215 Å². The van der Waals surface area contributed by atoms with Gasteiger partial charge in [-0.25, -0.2) is 0 Å². The Kier molecular flexibility index (Phi) is 8.28. The first-order valence-corrected chi connectivity index (χ1v) is 31.0. The Hall–Kier alpha value is -9.96. The predicted molar refractivity (Wildman–Crippen MR) is 357 cm³/mol. The molecule has 2 heteroatoms. The first-order chi connectivity index (χ1) is 41.6. The Morgan fingerprint density at radius 1 is 0.190 bits per heavy atom. The summed E-state index contributed by atoms with van der Waals surface area (Å²) in [6.45, 7) is 0. The molecule has 0 N–H and O–H groups in total. The average molecular weight is 1090 g/mol. The van der Waals surface area contributed by atoms with Gasteiger partial charge in [-0.15, -0.1) is 22.7 Å². The third kappa shape index (κ3) is 5.21. The lowest BCUT2D eigenvalue weighted by molar-refractivity contribution is 0.795. The maximum Gasteiger partial charge on any atom is 0.0726 e. The molecule has 0 bridgehead atoms. The molecule has 0 amide bonds. The summed E-state index contributed by atoms with van der Waals surface area (Å²) in [5.74, 6) is 0. The van der Waals surface area contributed by atoms with Crippen LogP contribution in [0.15, 0.2) is 267 Å². The molecule has 0 saturated carbocycles. The van der Waals surface area contributed by atoms with Crippen molar-refractivity contribution in [3.05, 3.63) is 311 Å². The minimum atomic E-state index is -0.545. The summed E-state index contributed by atoms with van der Waals surface area (Å²) in [4.78, 5) is 0. The van der Waals surface area contributed by atoms with E-state index in [1.807, 2.05) is 22.7 Å². The van der Waals surface area contributed by atoms with E-state index in [0.29, 0.717) is 0 Å². The molecule has 4 aliphatic rings. The van der Waals surface area contributed by atoms with E-state index in [0.717, 1.165) is 0 Å². The number of thiophene rings is 2. The van der Waals surface area contributed by atoms with Crippen molar-refractivity contribution in [3.8, 4) is 66.8 Å². The monoisotopic (exact) mass is 1090 g/mol. The van der Waals surface area contributed by atoms with E-state index in [1.54, 1.807) is 0 Å². The highest BCUT2D eigenvalue weighted by Gasteiger charge is 2.54. The fourth-order valence-corrected chi connectivity index (χ4v) is 19.4. The Morgan fingerprint density at radius 3 is 0.988 bits per heavy atom. The van der Waals surface area contributed by atoms with Gasteiger partial charge in [-0.1, -0.05) is 206 Å². The van der Waals surface area contributed by atoms with Crippen molar-refractivity contribution in [2.24, 2.45) is 0 Å². The van der Waals surface area contributed by atoms with E-state index < -0.39 is 10.8 Å². The summed E-state index contributed by atoms with van der Waals surface area (Å²) in [5, 5.41) is 15.9. The molecule has 0 saturated heterocycles. The lowest BCUT2D eigenvalue weighted by Crippen LogP contribution is -2.26. The van der Waals surface area contributed by atoms with Crippen molar-refractivity contribution in [3.63, 3.8) is 0 Å². The van der Waals surface area contributed by atoms with Crippen LogP contribution in [0.3, 0.4) is 0 Å². The molecule has 384 valence electrons. The third-order valence-electron chi connectivity index (χ3n) is 20.4. The van der Waals surface area contributed by atoms with Gasteiger partial charge in [0.25, 0.3) is 0 Å². The molecule has 2 spiro atoms. The zero-order chi connectivity index (χ0) is 54.3. The molecule has 2 heterocycles. The summed E-state index contributed by atoms with van der Waals surface area (Å²) >= 11 is 3.77. The number of fused-ring (bicyclic) bond motifs is 30.